The van der Waals surface area contributed by atoms with Crippen LogP contribution in [-0.2, 0) is 46.4 Å². The summed E-state index contributed by atoms with van der Waals surface area (Å²) in [5.74, 6) is -1.45. The molecular formula is C38H52ClN3O8. The molecule has 0 saturated carbocycles. The zero-order chi connectivity index (χ0) is 37.0. The summed E-state index contributed by atoms with van der Waals surface area (Å²) in [6.45, 7) is 11.3. The normalized spacial score (nSPS) is 18.1. The number of hydrogen-bond donors (Lipinski definition) is 3. The zero-order valence-electron chi connectivity index (χ0n) is 30.1. The maximum atomic E-state index is 13.6. The van der Waals surface area contributed by atoms with Crippen molar-refractivity contribution in [3.63, 3.8) is 0 Å². The number of ether oxygens (including phenoxy) is 4. The van der Waals surface area contributed by atoms with E-state index >= 15 is 0 Å². The van der Waals surface area contributed by atoms with Crippen molar-refractivity contribution in [2.75, 3.05) is 13.7 Å². The molecule has 0 aliphatic carbocycles. The number of amides is 2. The highest BCUT2D eigenvalue weighted by atomic mass is 35.5. The third-order valence-electron chi connectivity index (χ3n) is 8.74. The fraction of sp³-hybridized carbons (Fsp3) is 0.526. The molecule has 0 bridgehead atoms. The standard InChI is InChI=1S/C38H52ClN3O8/c1-8-9-10-30(24(4)33-34(50-33)27-14-11-25(20-40)12-15-27)48-36(45)32(17-23(2)3)49-37(46)38(5,6)21-41-35(44)29(42-22-43)19-26-13-16-31(47-7)28(39)18-26/h8-9,11-16,18,22-24,29-30,32-34H,10,17,19-21,40H2,1-7H3,(H,41,44)(H,42,43)/b9-8+/t24-,29?,30-,32-,33+,34+/m0/s1. The average molecular weight is 714 g/mol. The molecule has 274 valence electrons. The minimum Gasteiger partial charge on any atom is -0.495 e. The highest BCUT2D eigenvalue weighted by Crippen LogP contribution is 2.45. The van der Waals surface area contributed by atoms with Crippen molar-refractivity contribution in [2.24, 2.45) is 23.0 Å². The topological polar surface area (TPSA) is 159 Å². The Morgan fingerprint density at radius 1 is 1.06 bits per heavy atom. The van der Waals surface area contributed by atoms with Crippen LogP contribution in [0.3, 0.4) is 0 Å². The summed E-state index contributed by atoms with van der Waals surface area (Å²) < 4.78 is 23.1. The van der Waals surface area contributed by atoms with Gasteiger partial charge in [-0.3, -0.25) is 14.4 Å². The average Bonchev–Trinajstić information content (AvgIpc) is 3.89. The molecule has 0 aromatic heterocycles. The van der Waals surface area contributed by atoms with Gasteiger partial charge in [0.2, 0.25) is 12.3 Å². The third-order valence-corrected chi connectivity index (χ3v) is 9.04. The number of carbonyl (C=O) groups excluding carboxylic acids is 4. The second kappa shape index (κ2) is 18.9. The Balaban J connectivity index is 1.65. The number of halogens is 1. The first kappa shape index (κ1) is 40.5. The van der Waals surface area contributed by atoms with Crippen molar-refractivity contribution in [2.45, 2.75) is 97.8 Å². The molecule has 2 aromatic carbocycles. The van der Waals surface area contributed by atoms with E-state index in [1.165, 1.54) is 7.11 Å². The maximum Gasteiger partial charge on any atom is 0.347 e. The molecule has 4 N–H and O–H groups in total. The lowest BCUT2D eigenvalue weighted by Crippen LogP contribution is -2.49. The zero-order valence-corrected chi connectivity index (χ0v) is 30.8. The molecular weight excluding hydrogens is 662 g/mol. The number of rotatable bonds is 20. The molecule has 1 aliphatic heterocycles. The smallest absolute Gasteiger partial charge is 0.347 e. The monoisotopic (exact) mass is 713 g/mol. The number of nitrogens with one attached hydrogen (secondary N) is 2. The Morgan fingerprint density at radius 3 is 2.32 bits per heavy atom. The fourth-order valence-corrected chi connectivity index (χ4v) is 5.79. The number of hydrogen-bond acceptors (Lipinski definition) is 9. The van der Waals surface area contributed by atoms with Crippen LogP contribution in [0.2, 0.25) is 5.02 Å². The van der Waals surface area contributed by atoms with Crippen molar-refractivity contribution in [1.29, 1.82) is 0 Å². The second-order valence-electron chi connectivity index (χ2n) is 13.7. The fourth-order valence-electron chi connectivity index (χ4n) is 5.51. The summed E-state index contributed by atoms with van der Waals surface area (Å²) in [4.78, 5) is 51.6. The molecule has 12 heteroatoms. The summed E-state index contributed by atoms with van der Waals surface area (Å²) >= 11 is 6.23. The minimum atomic E-state index is -1.22. The van der Waals surface area contributed by atoms with Crippen LogP contribution in [0.15, 0.2) is 54.6 Å². The van der Waals surface area contributed by atoms with Crippen molar-refractivity contribution in [3.8, 4) is 5.75 Å². The first-order valence-electron chi connectivity index (χ1n) is 17.0. The molecule has 2 amide bonds. The van der Waals surface area contributed by atoms with E-state index in [2.05, 4.69) is 10.6 Å². The van der Waals surface area contributed by atoms with Crippen molar-refractivity contribution < 1.29 is 38.1 Å². The number of methoxy groups -OCH3 is 1. The van der Waals surface area contributed by atoms with E-state index in [4.69, 9.17) is 36.3 Å². The molecule has 3 rings (SSSR count). The number of nitrogens with two attached hydrogens (primary N) is 1. The summed E-state index contributed by atoms with van der Waals surface area (Å²) in [7, 11) is 1.50. The van der Waals surface area contributed by atoms with Crippen molar-refractivity contribution >= 4 is 35.9 Å². The molecule has 1 heterocycles. The van der Waals surface area contributed by atoms with Gasteiger partial charge in [0.05, 0.1) is 23.7 Å². The highest BCUT2D eigenvalue weighted by Gasteiger charge is 2.48. The molecule has 6 atom stereocenters. The van der Waals surface area contributed by atoms with Crippen LogP contribution in [-0.4, -0.2) is 62.3 Å². The quantitative estimate of drug-likeness (QED) is 0.0724. The van der Waals surface area contributed by atoms with E-state index in [0.29, 0.717) is 35.7 Å². The van der Waals surface area contributed by atoms with Gasteiger partial charge in [-0.25, -0.2) is 4.79 Å². The van der Waals surface area contributed by atoms with E-state index in [1.54, 1.807) is 32.0 Å². The number of epoxide rings is 1. The predicted molar refractivity (Wildman–Crippen MR) is 191 cm³/mol. The third kappa shape index (κ3) is 11.6. The van der Waals surface area contributed by atoms with Crippen molar-refractivity contribution in [1.82, 2.24) is 10.6 Å². The number of carbonyl (C=O) groups is 4. The number of esters is 2. The molecule has 1 fully saturated rings. The molecule has 0 radical (unpaired) electrons. The Hall–Kier alpha value is -3.93. The van der Waals surface area contributed by atoms with Gasteiger partial charge < -0.3 is 35.3 Å². The first-order valence-corrected chi connectivity index (χ1v) is 17.4. The van der Waals surface area contributed by atoms with Crippen LogP contribution in [0.4, 0.5) is 0 Å². The van der Waals surface area contributed by atoms with Gasteiger partial charge in [-0.2, -0.15) is 0 Å². The summed E-state index contributed by atoms with van der Waals surface area (Å²) in [6.07, 6.45) is 3.24. The van der Waals surface area contributed by atoms with Gasteiger partial charge in [0.25, 0.3) is 0 Å². The number of benzene rings is 2. The van der Waals surface area contributed by atoms with Gasteiger partial charge in [-0.1, -0.05) is 74.9 Å². The van der Waals surface area contributed by atoms with Crippen LogP contribution in [0, 0.1) is 17.3 Å². The highest BCUT2D eigenvalue weighted by molar-refractivity contribution is 6.32. The molecule has 1 saturated heterocycles. The molecule has 1 aliphatic rings. The molecule has 2 aromatic rings. The van der Waals surface area contributed by atoms with E-state index in [9.17, 15) is 19.2 Å². The van der Waals surface area contributed by atoms with Crippen molar-refractivity contribution in [3.05, 3.63) is 76.3 Å². The summed E-state index contributed by atoms with van der Waals surface area (Å²) in [5, 5.41) is 5.63. The Labute approximate surface area is 300 Å². The summed E-state index contributed by atoms with van der Waals surface area (Å²) in [5.41, 5.74) is 7.29. The van der Waals surface area contributed by atoms with Gasteiger partial charge >= 0.3 is 11.9 Å². The summed E-state index contributed by atoms with van der Waals surface area (Å²) in [6, 6.07) is 12.1. The minimum absolute atomic E-state index is 0.0175. The van der Waals surface area contributed by atoms with Crippen LogP contribution >= 0.6 is 11.6 Å². The maximum absolute atomic E-state index is 13.6. The van der Waals surface area contributed by atoms with Crippen LogP contribution in [0.5, 0.6) is 5.75 Å². The molecule has 0 spiro atoms. The molecule has 1 unspecified atom stereocenters. The molecule has 50 heavy (non-hydrogen) atoms. The van der Waals surface area contributed by atoms with Gasteiger partial charge in [0.15, 0.2) is 6.10 Å². The van der Waals surface area contributed by atoms with E-state index in [-0.39, 0.29) is 43.4 Å². The van der Waals surface area contributed by atoms with Gasteiger partial charge in [-0.05, 0) is 61.9 Å². The predicted octanol–water partition coefficient (Wildman–Crippen LogP) is 5.22. The largest absolute Gasteiger partial charge is 0.495 e. The lowest BCUT2D eigenvalue weighted by molar-refractivity contribution is -0.179. The van der Waals surface area contributed by atoms with Gasteiger partial charge in [-0.15, -0.1) is 0 Å². The SMILES string of the molecule is C/C=C/C[C@H](OC(=O)[C@H](CC(C)C)OC(=O)C(C)(C)CNC(=O)C(Cc1ccc(OC)c(Cl)c1)NC=O)[C@H](C)[C@H]1O[C@@H]1c1ccc(CN)cc1. The number of allylic oxidation sites excluding steroid dienone is 1. The lowest BCUT2D eigenvalue weighted by atomic mass is 9.92. The van der Waals surface area contributed by atoms with Crippen LogP contribution < -0.4 is 21.1 Å². The Bertz CT molecular complexity index is 1480. The van der Waals surface area contributed by atoms with Crippen LogP contribution in [0.25, 0.3) is 0 Å². The van der Waals surface area contributed by atoms with E-state index < -0.39 is 41.5 Å². The molecule has 11 nitrogen and oxygen atoms in total. The van der Waals surface area contributed by atoms with Gasteiger partial charge in [0, 0.05) is 31.8 Å². The first-order chi connectivity index (χ1) is 23.7. The van der Waals surface area contributed by atoms with Crippen LogP contribution in [0.1, 0.15) is 77.2 Å². The Kier molecular flexibility index (Phi) is 15.3. The second-order valence-corrected chi connectivity index (χ2v) is 14.1. The van der Waals surface area contributed by atoms with E-state index in [1.807, 2.05) is 64.1 Å². The van der Waals surface area contributed by atoms with Gasteiger partial charge in [0.1, 0.15) is 24.0 Å². The van der Waals surface area contributed by atoms with E-state index in [0.717, 1.165) is 11.1 Å². The lowest BCUT2D eigenvalue weighted by Gasteiger charge is -2.29. The Morgan fingerprint density at radius 2 is 1.74 bits per heavy atom.